The molecule has 4 aromatic rings. The third-order valence-corrected chi connectivity index (χ3v) is 4.29. The van der Waals surface area contributed by atoms with Crippen LogP contribution in [0.5, 0.6) is 0 Å². The second-order valence-corrected chi connectivity index (χ2v) is 5.99. The molecule has 29 heavy (non-hydrogen) atoms. The molecular formula is C19H11N5O5. The van der Waals surface area contributed by atoms with Gasteiger partial charge in [0.25, 0.3) is 16.9 Å². The monoisotopic (exact) mass is 389 g/mol. The van der Waals surface area contributed by atoms with Crippen molar-refractivity contribution in [2.24, 2.45) is 0 Å². The van der Waals surface area contributed by atoms with Crippen molar-refractivity contribution in [1.29, 1.82) is 0 Å². The minimum Gasteiger partial charge on any atom is -0.268 e. The van der Waals surface area contributed by atoms with Crippen LogP contribution in [0.2, 0.25) is 0 Å². The summed E-state index contributed by atoms with van der Waals surface area (Å²) in [6.45, 7) is 0. The topological polar surface area (TPSA) is 134 Å². The summed E-state index contributed by atoms with van der Waals surface area (Å²) in [6.07, 6.45) is 1.51. The lowest BCUT2D eigenvalue weighted by Gasteiger charge is -2.13. The number of pyridine rings is 1. The molecular weight excluding hydrogens is 378 g/mol. The van der Waals surface area contributed by atoms with Crippen LogP contribution in [0, 0.1) is 20.2 Å². The Morgan fingerprint density at radius 2 is 1.62 bits per heavy atom. The fraction of sp³-hybridized carbons (Fsp3) is 0. The van der Waals surface area contributed by atoms with Crippen molar-refractivity contribution in [3.05, 3.63) is 97.4 Å². The fourth-order valence-corrected chi connectivity index (χ4v) is 2.97. The number of aromatic nitrogens is 3. The van der Waals surface area contributed by atoms with E-state index in [4.69, 9.17) is 0 Å². The van der Waals surface area contributed by atoms with Gasteiger partial charge in [-0.05, 0) is 30.3 Å². The Bertz CT molecular complexity index is 1320. The molecule has 0 atom stereocenters. The summed E-state index contributed by atoms with van der Waals surface area (Å²) in [4.78, 5) is 43.0. The van der Waals surface area contributed by atoms with Gasteiger partial charge in [-0.1, -0.05) is 12.1 Å². The molecule has 0 saturated carbocycles. The average molecular weight is 389 g/mol. The van der Waals surface area contributed by atoms with Crippen LogP contribution in [0.3, 0.4) is 0 Å². The van der Waals surface area contributed by atoms with E-state index >= 15 is 0 Å². The van der Waals surface area contributed by atoms with E-state index in [1.807, 2.05) is 0 Å². The summed E-state index contributed by atoms with van der Waals surface area (Å²) < 4.78 is 1.23. The van der Waals surface area contributed by atoms with E-state index in [0.29, 0.717) is 11.4 Å². The van der Waals surface area contributed by atoms with Crippen molar-refractivity contribution in [3.63, 3.8) is 0 Å². The van der Waals surface area contributed by atoms with Crippen molar-refractivity contribution < 1.29 is 9.85 Å². The Morgan fingerprint density at radius 1 is 0.862 bits per heavy atom. The lowest BCUT2D eigenvalue weighted by atomic mass is 10.2. The summed E-state index contributed by atoms with van der Waals surface area (Å²) in [7, 11) is 0. The SMILES string of the molecule is O=c1c2cccc([N+](=O)[O-])c2nc(-c2ccccn2)n1-c1ccc([N+](=O)[O-])cc1. The van der Waals surface area contributed by atoms with Gasteiger partial charge in [0.05, 0.1) is 20.9 Å². The number of para-hydroxylation sites is 1. The molecule has 142 valence electrons. The molecule has 0 spiro atoms. The van der Waals surface area contributed by atoms with Crippen molar-refractivity contribution >= 4 is 22.3 Å². The molecule has 2 aromatic heterocycles. The Kier molecular flexibility index (Phi) is 4.28. The van der Waals surface area contributed by atoms with Gasteiger partial charge >= 0.3 is 0 Å². The maximum Gasteiger partial charge on any atom is 0.295 e. The van der Waals surface area contributed by atoms with E-state index in [1.54, 1.807) is 18.2 Å². The molecule has 0 saturated heterocycles. The summed E-state index contributed by atoms with van der Waals surface area (Å²) >= 11 is 0. The van der Waals surface area contributed by atoms with E-state index in [0.717, 1.165) is 0 Å². The van der Waals surface area contributed by atoms with Crippen LogP contribution < -0.4 is 5.56 Å². The molecule has 10 heteroatoms. The van der Waals surface area contributed by atoms with Crippen molar-refractivity contribution in [2.45, 2.75) is 0 Å². The van der Waals surface area contributed by atoms with E-state index in [-0.39, 0.29) is 28.1 Å². The van der Waals surface area contributed by atoms with Crippen LogP contribution in [0.15, 0.2) is 71.7 Å². The molecule has 2 aromatic carbocycles. The first kappa shape index (κ1) is 17.9. The smallest absolute Gasteiger partial charge is 0.268 e. The molecule has 10 nitrogen and oxygen atoms in total. The second-order valence-electron chi connectivity index (χ2n) is 5.99. The molecule has 0 radical (unpaired) electrons. The van der Waals surface area contributed by atoms with E-state index in [2.05, 4.69) is 9.97 Å². The van der Waals surface area contributed by atoms with E-state index in [1.165, 1.54) is 53.2 Å². The average Bonchev–Trinajstić information content (AvgIpc) is 2.74. The Morgan fingerprint density at radius 3 is 2.24 bits per heavy atom. The van der Waals surface area contributed by atoms with Gasteiger partial charge in [0.2, 0.25) is 0 Å². The molecule has 0 aliphatic carbocycles. The van der Waals surface area contributed by atoms with Crippen LogP contribution >= 0.6 is 0 Å². The molecule has 0 amide bonds. The van der Waals surface area contributed by atoms with Crippen LogP contribution in [0.25, 0.3) is 28.1 Å². The Labute approximate surface area is 162 Å². The Hall–Kier alpha value is -4.47. The van der Waals surface area contributed by atoms with Crippen LogP contribution in [0.4, 0.5) is 11.4 Å². The van der Waals surface area contributed by atoms with Gasteiger partial charge in [0, 0.05) is 24.4 Å². The third-order valence-electron chi connectivity index (χ3n) is 4.29. The van der Waals surface area contributed by atoms with E-state index in [9.17, 15) is 25.0 Å². The van der Waals surface area contributed by atoms with Gasteiger partial charge in [-0.3, -0.25) is 34.6 Å². The minimum atomic E-state index is -0.604. The predicted molar refractivity (Wildman–Crippen MR) is 104 cm³/mol. The second kappa shape index (κ2) is 6.93. The van der Waals surface area contributed by atoms with Crippen molar-refractivity contribution in [2.75, 3.05) is 0 Å². The van der Waals surface area contributed by atoms with Crippen LogP contribution in [-0.4, -0.2) is 24.4 Å². The summed E-state index contributed by atoms with van der Waals surface area (Å²) in [5, 5.41) is 22.4. The summed E-state index contributed by atoms with van der Waals surface area (Å²) in [6, 6.07) is 14.5. The number of non-ortho nitro benzene ring substituents is 2. The molecule has 0 bridgehead atoms. The molecule has 0 fully saturated rings. The number of hydrogen-bond donors (Lipinski definition) is 0. The zero-order valence-electron chi connectivity index (χ0n) is 14.6. The van der Waals surface area contributed by atoms with E-state index < -0.39 is 15.4 Å². The maximum atomic E-state index is 13.3. The highest BCUT2D eigenvalue weighted by atomic mass is 16.6. The van der Waals surface area contributed by atoms with Crippen LogP contribution in [0.1, 0.15) is 0 Å². The van der Waals surface area contributed by atoms with Crippen molar-refractivity contribution in [1.82, 2.24) is 14.5 Å². The summed E-state index contributed by atoms with van der Waals surface area (Å²) in [5.74, 6) is 0.0891. The molecule has 0 N–H and O–H groups in total. The first-order valence-corrected chi connectivity index (χ1v) is 8.34. The lowest BCUT2D eigenvalue weighted by Crippen LogP contribution is -2.22. The number of benzene rings is 2. The fourth-order valence-electron chi connectivity index (χ4n) is 2.97. The standard InChI is InChI=1S/C19H11N5O5/c25-19-14-4-3-6-16(24(28)29)17(14)21-18(15-5-1-2-11-20-15)22(19)12-7-9-13(10-8-12)23(26)27/h1-11H. The largest absolute Gasteiger partial charge is 0.295 e. The van der Waals surface area contributed by atoms with Crippen LogP contribution in [-0.2, 0) is 0 Å². The van der Waals surface area contributed by atoms with Crippen molar-refractivity contribution in [3.8, 4) is 17.2 Å². The van der Waals surface area contributed by atoms with Gasteiger partial charge in [0.15, 0.2) is 11.3 Å². The number of rotatable bonds is 4. The zero-order valence-corrected chi connectivity index (χ0v) is 14.6. The van der Waals surface area contributed by atoms with Gasteiger partial charge in [-0.15, -0.1) is 0 Å². The zero-order chi connectivity index (χ0) is 20.5. The highest BCUT2D eigenvalue weighted by molar-refractivity contribution is 5.88. The number of fused-ring (bicyclic) bond motifs is 1. The van der Waals surface area contributed by atoms with Gasteiger partial charge in [-0.2, -0.15) is 0 Å². The number of nitrogens with zero attached hydrogens (tertiary/aromatic N) is 5. The number of nitro groups is 2. The molecule has 0 aliphatic heterocycles. The first-order valence-electron chi connectivity index (χ1n) is 8.34. The first-order chi connectivity index (χ1) is 14.0. The summed E-state index contributed by atoms with van der Waals surface area (Å²) in [5.41, 5.74) is -0.391. The Balaban J connectivity index is 2.10. The maximum absolute atomic E-state index is 13.3. The quantitative estimate of drug-likeness (QED) is 0.386. The highest BCUT2D eigenvalue weighted by Crippen LogP contribution is 2.26. The normalized spacial score (nSPS) is 10.8. The molecule has 2 heterocycles. The number of hydrogen-bond acceptors (Lipinski definition) is 7. The van der Waals surface area contributed by atoms with Gasteiger partial charge < -0.3 is 0 Å². The molecule has 4 rings (SSSR count). The number of nitro benzene ring substituents is 2. The molecule has 0 unspecified atom stereocenters. The highest BCUT2D eigenvalue weighted by Gasteiger charge is 2.21. The van der Waals surface area contributed by atoms with Gasteiger partial charge in [0.1, 0.15) is 5.69 Å². The predicted octanol–water partition coefficient (Wildman–Crippen LogP) is 3.26. The third kappa shape index (κ3) is 3.08. The lowest BCUT2D eigenvalue weighted by molar-refractivity contribution is -0.384. The van der Waals surface area contributed by atoms with Gasteiger partial charge in [-0.25, -0.2) is 4.98 Å². The molecule has 0 aliphatic rings. The minimum absolute atomic E-state index is 0.0530.